The molecule has 1 saturated heterocycles. The summed E-state index contributed by atoms with van der Waals surface area (Å²) in [4.78, 5) is 19.0. The normalized spacial score (nSPS) is 19.2. The summed E-state index contributed by atoms with van der Waals surface area (Å²) >= 11 is 1.61. The van der Waals surface area contributed by atoms with E-state index < -0.39 is 17.8 Å². The van der Waals surface area contributed by atoms with E-state index in [2.05, 4.69) is 21.7 Å². The molecule has 8 heteroatoms. The van der Waals surface area contributed by atoms with Gasteiger partial charge >= 0.3 is 5.97 Å². The van der Waals surface area contributed by atoms with Crippen LogP contribution in [0, 0.1) is 29.5 Å². The number of benzene rings is 1. The lowest BCUT2D eigenvalue weighted by Gasteiger charge is -2.37. The molecule has 0 radical (unpaired) electrons. The maximum atomic E-state index is 14.8. The average molecular weight is 496 g/mol. The SMILES string of the molecule is COc1ccc2ncc(F)c([C@H](N)CCC3CCN(CC#Cc4cccs4)CC3CC(=O)O)c2c1. The Morgan fingerprint density at radius 2 is 2.26 bits per heavy atom. The second-order valence-electron chi connectivity index (χ2n) is 9.01. The molecule has 1 fully saturated rings. The number of carboxylic acid groups (broad SMARTS) is 1. The van der Waals surface area contributed by atoms with Gasteiger partial charge in [0, 0.05) is 30.0 Å². The molecule has 2 aromatic heterocycles. The van der Waals surface area contributed by atoms with Crippen molar-refractivity contribution in [2.45, 2.75) is 31.7 Å². The summed E-state index contributed by atoms with van der Waals surface area (Å²) in [7, 11) is 1.57. The van der Waals surface area contributed by atoms with E-state index in [0.717, 1.165) is 24.3 Å². The largest absolute Gasteiger partial charge is 0.497 e. The van der Waals surface area contributed by atoms with Crippen LogP contribution in [-0.2, 0) is 4.79 Å². The third-order valence-electron chi connectivity index (χ3n) is 6.74. The Morgan fingerprint density at radius 1 is 1.40 bits per heavy atom. The van der Waals surface area contributed by atoms with Crippen LogP contribution in [0.25, 0.3) is 10.9 Å². The summed E-state index contributed by atoms with van der Waals surface area (Å²) in [5.41, 5.74) is 7.60. The van der Waals surface area contributed by atoms with Crippen LogP contribution in [0.2, 0.25) is 0 Å². The highest BCUT2D eigenvalue weighted by molar-refractivity contribution is 7.10. The molecule has 0 amide bonds. The monoisotopic (exact) mass is 495 g/mol. The molecule has 3 N–H and O–H groups in total. The molecule has 0 bridgehead atoms. The van der Waals surface area contributed by atoms with Crippen LogP contribution in [0.5, 0.6) is 5.75 Å². The average Bonchev–Trinajstić information content (AvgIpc) is 3.36. The van der Waals surface area contributed by atoms with Gasteiger partial charge in [-0.05, 0) is 67.3 Å². The van der Waals surface area contributed by atoms with E-state index in [4.69, 9.17) is 10.5 Å². The molecular formula is C27H30FN3O3S. The van der Waals surface area contributed by atoms with Gasteiger partial charge < -0.3 is 15.6 Å². The van der Waals surface area contributed by atoms with E-state index in [9.17, 15) is 14.3 Å². The molecule has 3 atom stereocenters. The van der Waals surface area contributed by atoms with Crippen molar-refractivity contribution in [3.8, 4) is 17.6 Å². The highest BCUT2D eigenvalue weighted by atomic mass is 32.1. The summed E-state index contributed by atoms with van der Waals surface area (Å²) in [5.74, 6) is 6.00. The van der Waals surface area contributed by atoms with Crippen LogP contribution >= 0.6 is 11.3 Å². The standard InChI is InChI=1S/C27H30FN3O3S/c1-34-20-7-9-25-22(15-20)27(23(28)16-30-25)24(29)8-6-18-10-12-31(17-19(18)14-26(32)33)11-2-4-21-5-3-13-35-21/h3,5,7,9,13,15-16,18-19,24H,6,8,10-12,14,17,29H2,1H3,(H,32,33)/t18?,19?,24-/m1/s1. The number of likely N-dealkylation sites (tertiary alicyclic amines) is 1. The van der Waals surface area contributed by atoms with Crippen LogP contribution in [-0.4, -0.2) is 47.7 Å². The van der Waals surface area contributed by atoms with Crippen LogP contribution in [0.1, 0.15) is 42.2 Å². The van der Waals surface area contributed by atoms with Crippen molar-refractivity contribution < 1.29 is 19.0 Å². The Hall–Kier alpha value is -2.99. The highest BCUT2D eigenvalue weighted by Gasteiger charge is 2.31. The first-order chi connectivity index (χ1) is 16.9. The summed E-state index contributed by atoms with van der Waals surface area (Å²) in [6.07, 6.45) is 3.50. The zero-order chi connectivity index (χ0) is 24.8. The van der Waals surface area contributed by atoms with E-state index >= 15 is 0 Å². The number of fused-ring (bicyclic) bond motifs is 1. The fourth-order valence-corrected chi connectivity index (χ4v) is 5.53. The number of nitrogens with two attached hydrogens (primary N) is 1. The van der Waals surface area contributed by atoms with Crippen molar-refractivity contribution in [1.29, 1.82) is 0 Å². The van der Waals surface area contributed by atoms with E-state index in [1.165, 1.54) is 6.20 Å². The zero-order valence-corrected chi connectivity index (χ0v) is 20.6. The molecule has 1 aromatic carbocycles. The number of thiophene rings is 1. The van der Waals surface area contributed by atoms with E-state index in [1.807, 2.05) is 17.5 Å². The number of nitrogens with zero attached hydrogens (tertiary/aromatic N) is 2. The van der Waals surface area contributed by atoms with Crippen LogP contribution in [0.4, 0.5) is 4.39 Å². The lowest BCUT2D eigenvalue weighted by molar-refractivity contribution is -0.139. The van der Waals surface area contributed by atoms with Gasteiger partial charge in [-0.15, -0.1) is 11.3 Å². The molecule has 0 spiro atoms. The number of hydrogen-bond donors (Lipinski definition) is 2. The summed E-state index contributed by atoms with van der Waals surface area (Å²) in [6, 6.07) is 8.80. The maximum absolute atomic E-state index is 14.8. The van der Waals surface area contributed by atoms with Gasteiger partial charge in [0.05, 0.1) is 30.2 Å². The fraction of sp³-hybridized carbons (Fsp3) is 0.407. The van der Waals surface area contributed by atoms with E-state index in [-0.39, 0.29) is 18.3 Å². The molecule has 0 aliphatic carbocycles. The maximum Gasteiger partial charge on any atom is 0.303 e. The van der Waals surface area contributed by atoms with Crippen LogP contribution < -0.4 is 10.5 Å². The van der Waals surface area contributed by atoms with Crippen molar-refractivity contribution in [1.82, 2.24) is 9.88 Å². The van der Waals surface area contributed by atoms with Gasteiger partial charge in [-0.2, -0.15) is 0 Å². The lowest BCUT2D eigenvalue weighted by Crippen LogP contribution is -2.41. The van der Waals surface area contributed by atoms with Gasteiger partial charge in [-0.3, -0.25) is 14.7 Å². The number of aromatic nitrogens is 1. The summed E-state index contributed by atoms with van der Waals surface area (Å²) in [5, 5.41) is 12.1. The number of ether oxygens (including phenoxy) is 1. The minimum Gasteiger partial charge on any atom is -0.497 e. The highest BCUT2D eigenvalue weighted by Crippen LogP contribution is 2.34. The number of hydrogen-bond acceptors (Lipinski definition) is 6. The predicted octanol–water partition coefficient (Wildman–Crippen LogP) is 4.69. The Kier molecular flexibility index (Phi) is 8.34. The molecule has 4 rings (SSSR count). The lowest BCUT2D eigenvalue weighted by atomic mass is 9.79. The van der Waals surface area contributed by atoms with Gasteiger partial charge in [0.1, 0.15) is 11.6 Å². The number of halogens is 1. The molecule has 2 unspecified atom stereocenters. The van der Waals surface area contributed by atoms with E-state index in [1.54, 1.807) is 36.6 Å². The first-order valence-corrected chi connectivity index (χ1v) is 12.7. The van der Waals surface area contributed by atoms with E-state index in [0.29, 0.717) is 41.7 Å². The third-order valence-corrected chi connectivity index (χ3v) is 7.52. The number of aliphatic carboxylic acids is 1. The first-order valence-electron chi connectivity index (χ1n) is 11.8. The van der Waals surface area contributed by atoms with Gasteiger partial charge in [-0.1, -0.05) is 17.9 Å². The van der Waals surface area contributed by atoms with Gasteiger partial charge in [0.25, 0.3) is 0 Å². The molecule has 6 nitrogen and oxygen atoms in total. The summed E-state index contributed by atoms with van der Waals surface area (Å²) in [6.45, 7) is 2.17. The molecule has 35 heavy (non-hydrogen) atoms. The van der Waals surface area contributed by atoms with Gasteiger partial charge in [0.15, 0.2) is 0 Å². The number of carbonyl (C=O) groups is 1. The second-order valence-corrected chi connectivity index (χ2v) is 9.96. The molecule has 1 aliphatic rings. The van der Waals surface area contributed by atoms with Crippen molar-refractivity contribution in [2.75, 3.05) is 26.7 Å². The Morgan fingerprint density at radius 3 is 3.00 bits per heavy atom. The Labute approximate surface area is 208 Å². The predicted molar refractivity (Wildman–Crippen MR) is 136 cm³/mol. The number of pyridine rings is 1. The molecule has 184 valence electrons. The molecule has 1 aliphatic heterocycles. The topological polar surface area (TPSA) is 88.7 Å². The Balaban J connectivity index is 1.42. The minimum absolute atomic E-state index is 0.0103. The van der Waals surface area contributed by atoms with Gasteiger partial charge in [-0.25, -0.2) is 4.39 Å². The molecule has 3 heterocycles. The second kappa shape index (κ2) is 11.6. The number of rotatable bonds is 8. The molecule has 0 saturated carbocycles. The van der Waals surface area contributed by atoms with Crippen LogP contribution in [0.3, 0.4) is 0 Å². The third kappa shape index (κ3) is 6.37. The summed E-state index contributed by atoms with van der Waals surface area (Å²) < 4.78 is 20.1. The molecular weight excluding hydrogens is 465 g/mol. The van der Waals surface area contributed by atoms with Crippen molar-refractivity contribution in [3.05, 3.63) is 58.2 Å². The number of carboxylic acids is 1. The zero-order valence-electron chi connectivity index (χ0n) is 19.7. The van der Waals surface area contributed by atoms with Gasteiger partial charge in [0.2, 0.25) is 0 Å². The number of methoxy groups -OCH3 is 1. The van der Waals surface area contributed by atoms with Crippen molar-refractivity contribution in [2.24, 2.45) is 17.6 Å². The van der Waals surface area contributed by atoms with Crippen molar-refractivity contribution >= 4 is 28.2 Å². The minimum atomic E-state index is -0.797. The van der Waals surface area contributed by atoms with Crippen LogP contribution in [0.15, 0.2) is 41.9 Å². The number of piperidine rings is 1. The van der Waals surface area contributed by atoms with Crippen molar-refractivity contribution in [3.63, 3.8) is 0 Å². The fourth-order valence-electron chi connectivity index (χ4n) is 4.93. The first kappa shape index (κ1) is 25.1. The Bertz CT molecular complexity index is 1220. The molecule has 3 aromatic rings. The smallest absolute Gasteiger partial charge is 0.303 e. The quantitative estimate of drug-likeness (QED) is 0.441.